The van der Waals surface area contributed by atoms with Gasteiger partial charge in [-0.3, -0.25) is 9.59 Å². The van der Waals surface area contributed by atoms with Gasteiger partial charge >= 0.3 is 0 Å². The lowest BCUT2D eigenvalue weighted by Crippen LogP contribution is -2.54. The molecule has 0 radical (unpaired) electrons. The molecule has 108 valence electrons. The maximum atomic E-state index is 12.3. The lowest BCUT2D eigenvalue weighted by atomic mass is 9.78. The lowest BCUT2D eigenvalue weighted by molar-refractivity contribution is -0.132. The summed E-state index contributed by atoms with van der Waals surface area (Å²) < 4.78 is 5.19. The number of rotatable bonds is 5. The summed E-state index contributed by atoms with van der Waals surface area (Å²) in [5.41, 5.74) is 9.64. The first-order valence-corrected chi connectivity index (χ1v) is 6.07. The van der Waals surface area contributed by atoms with Crippen molar-refractivity contribution in [3.8, 4) is 0 Å². The molecule has 0 aliphatic carbocycles. The summed E-state index contributed by atoms with van der Waals surface area (Å²) in [6.07, 6.45) is 0.699. The van der Waals surface area contributed by atoms with Gasteiger partial charge in [-0.15, -0.1) is 0 Å². The fraction of sp³-hybridized carbons (Fsp3) is 0.727. The molecule has 0 aromatic rings. The first kappa shape index (κ1) is 15.2. The van der Waals surface area contributed by atoms with Gasteiger partial charge in [-0.25, -0.2) is 0 Å². The maximum Gasteiger partial charge on any atom is 0.234 e. The molecular formula is C11H20N4O4. The number of carbonyl (C=O) groups is 2. The van der Waals surface area contributed by atoms with Crippen LogP contribution in [0.4, 0.5) is 0 Å². The highest BCUT2D eigenvalue weighted by atomic mass is 16.5. The Bertz CT molecular complexity index is 377. The third-order valence-corrected chi connectivity index (χ3v) is 3.26. The van der Waals surface area contributed by atoms with Gasteiger partial charge in [0.25, 0.3) is 0 Å². The third kappa shape index (κ3) is 3.57. The molecule has 0 saturated carbocycles. The molecule has 8 heteroatoms. The Balaban J connectivity index is 2.81. The highest BCUT2D eigenvalue weighted by molar-refractivity contribution is 6.07. The topological polar surface area (TPSA) is 140 Å². The van der Waals surface area contributed by atoms with Crippen LogP contribution >= 0.6 is 0 Å². The normalized spacial score (nSPS) is 20.6. The molecule has 0 spiro atoms. The van der Waals surface area contributed by atoms with Crippen molar-refractivity contribution < 1.29 is 19.5 Å². The average Bonchev–Trinajstić information content (AvgIpc) is 2.37. The van der Waals surface area contributed by atoms with E-state index in [-0.39, 0.29) is 18.2 Å². The first-order chi connectivity index (χ1) is 8.92. The minimum Gasteiger partial charge on any atom is -0.409 e. The summed E-state index contributed by atoms with van der Waals surface area (Å²) in [5.74, 6) is -1.02. The third-order valence-electron chi connectivity index (χ3n) is 3.26. The van der Waals surface area contributed by atoms with E-state index in [1.54, 1.807) is 6.92 Å². The molecule has 1 atom stereocenters. The minimum atomic E-state index is -1.08. The maximum absolute atomic E-state index is 12.3. The highest BCUT2D eigenvalue weighted by Crippen LogP contribution is 2.31. The van der Waals surface area contributed by atoms with E-state index in [9.17, 15) is 9.59 Å². The molecule has 1 fully saturated rings. The van der Waals surface area contributed by atoms with Crippen LogP contribution in [-0.4, -0.2) is 42.1 Å². The van der Waals surface area contributed by atoms with Crippen molar-refractivity contribution in [2.45, 2.75) is 32.2 Å². The van der Waals surface area contributed by atoms with Gasteiger partial charge in [0.15, 0.2) is 5.84 Å². The van der Waals surface area contributed by atoms with Crippen LogP contribution in [0.5, 0.6) is 0 Å². The number of carbonyl (C=O) groups excluding carboxylic acids is 2. The zero-order valence-corrected chi connectivity index (χ0v) is 10.9. The van der Waals surface area contributed by atoms with Crippen LogP contribution in [0.3, 0.4) is 0 Å². The number of nitrogens with two attached hydrogens (primary N) is 2. The van der Waals surface area contributed by atoms with Gasteiger partial charge in [-0.1, -0.05) is 5.16 Å². The largest absolute Gasteiger partial charge is 0.409 e. The molecule has 1 heterocycles. The van der Waals surface area contributed by atoms with Gasteiger partial charge in [-0.2, -0.15) is 0 Å². The van der Waals surface area contributed by atoms with E-state index in [2.05, 4.69) is 10.5 Å². The Morgan fingerprint density at radius 2 is 2.00 bits per heavy atom. The quantitative estimate of drug-likeness (QED) is 0.218. The number of amides is 2. The number of amidine groups is 1. The summed E-state index contributed by atoms with van der Waals surface area (Å²) in [6.45, 7) is 2.38. The zero-order valence-electron chi connectivity index (χ0n) is 10.9. The molecule has 0 aromatic carbocycles. The highest BCUT2D eigenvalue weighted by Gasteiger charge is 2.44. The van der Waals surface area contributed by atoms with Crippen molar-refractivity contribution in [1.29, 1.82) is 0 Å². The monoisotopic (exact) mass is 272 g/mol. The van der Waals surface area contributed by atoms with E-state index >= 15 is 0 Å². The SMILES string of the molecule is CC(CC(N)=O)NC(=O)C1(C(N)=NO)CCOCC1. The Morgan fingerprint density at radius 3 is 2.47 bits per heavy atom. The molecular weight excluding hydrogens is 252 g/mol. The lowest BCUT2D eigenvalue weighted by Gasteiger charge is -2.35. The number of ether oxygens (including phenoxy) is 1. The van der Waals surface area contributed by atoms with Gasteiger partial charge in [0.05, 0.1) is 0 Å². The van der Waals surface area contributed by atoms with E-state index in [1.165, 1.54) is 0 Å². The van der Waals surface area contributed by atoms with Crippen molar-refractivity contribution in [1.82, 2.24) is 5.32 Å². The van der Waals surface area contributed by atoms with Gasteiger partial charge < -0.3 is 26.7 Å². The zero-order chi connectivity index (χ0) is 14.5. The Labute approximate surface area is 111 Å². The number of hydrogen-bond donors (Lipinski definition) is 4. The standard InChI is InChI=1S/C11H20N4O4/c1-7(6-8(12)16)14-10(17)11(9(13)15-18)2-4-19-5-3-11/h7,18H,2-6H2,1H3,(H2,12,16)(H2,13,15)(H,14,17). The molecule has 1 aliphatic heterocycles. The Kier molecular flexibility index (Phi) is 5.11. The number of primary amides is 1. The number of nitrogens with zero attached hydrogens (tertiary/aromatic N) is 1. The molecule has 1 saturated heterocycles. The van der Waals surface area contributed by atoms with Crippen molar-refractivity contribution in [3.63, 3.8) is 0 Å². The molecule has 1 unspecified atom stereocenters. The van der Waals surface area contributed by atoms with E-state index in [0.717, 1.165) is 0 Å². The molecule has 1 rings (SSSR count). The van der Waals surface area contributed by atoms with Crippen LogP contribution in [0.1, 0.15) is 26.2 Å². The van der Waals surface area contributed by atoms with E-state index < -0.39 is 17.4 Å². The Hall–Kier alpha value is -1.83. The van der Waals surface area contributed by atoms with Crippen LogP contribution in [0, 0.1) is 5.41 Å². The number of nitrogens with one attached hydrogen (secondary N) is 1. The van der Waals surface area contributed by atoms with Crippen molar-refractivity contribution in [3.05, 3.63) is 0 Å². The van der Waals surface area contributed by atoms with E-state index in [0.29, 0.717) is 26.1 Å². The van der Waals surface area contributed by atoms with Crippen LogP contribution in [0.2, 0.25) is 0 Å². The van der Waals surface area contributed by atoms with Crippen molar-refractivity contribution in [2.75, 3.05) is 13.2 Å². The average molecular weight is 272 g/mol. The Morgan fingerprint density at radius 1 is 1.42 bits per heavy atom. The molecule has 0 aromatic heterocycles. The van der Waals surface area contributed by atoms with Crippen LogP contribution in [-0.2, 0) is 14.3 Å². The van der Waals surface area contributed by atoms with Gasteiger partial charge in [0, 0.05) is 25.7 Å². The van der Waals surface area contributed by atoms with Crippen LogP contribution in [0.25, 0.3) is 0 Å². The second-order valence-electron chi connectivity index (χ2n) is 4.72. The summed E-state index contributed by atoms with van der Waals surface area (Å²) in [4.78, 5) is 23.1. The molecule has 6 N–H and O–H groups in total. The fourth-order valence-electron chi connectivity index (χ4n) is 2.13. The van der Waals surface area contributed by atoms with Crippen LogP contribution < -0.4 is 16.8 Å². The smallest absolute Gasteiger partial charge is 0.234 e. The van der Waals surface area contributed by atoms with Crippen molar-refractivity contribution >= 4 is 17.6 Å². The molecule has 2 amide bonds. The molecule has 8 nitrogen and oxygen atoms in total. The number of oxime groups is 1. The molecule has 1 aliphatic rings. The van der Waals surface area contributed by atoms with Crippen molar-refractivity contribution in [2.24, 2.45) is 22.0 Å². The number of hydrogen-bond acceptors (Lipinski definition) is 5. The second-order valence-corrected chi connectivity index (χ2v) is 4.72. The first-order valence-electron chi connectivity index (χ1n) is 6.07. The molecule has 19 heavy (non-hydrogen) atoms. The van der Waals surface area contributed by atoms with E-state index in [1.807, 2.05) is 0 Å². The van der Waals surface area contributed by atoms with Crippen LogP contribution in [0.15, 0.2) is 5.16 Å². The van der Waals surface area contributed by atoms with Gasteiger partial charge in [-0.05, 0) is 19.8 Å². The summed E-state index contributed by atoms with van der Waals surface area (Å²) in [5, 5.41) is 14.5. The summed E-state index contributed by atoms with van der Waals surface area (Å²) in [7, 11) is 0. The van der Waals surface area contributed by atoms with E-state index in [4.69, 9.17) is 21.4 Å². The summed E-state index contributed by atoms with van der Waals surface area (Å²) >= 11 is 0. The minimum absolute atomic E-state index is 0.0362. The summed E-state index contributed by atoms with van der Waals surface area (Å²) in [6, 6.07) is -0.406. The second kappa shape index (κ2) is 6.37. The predicted molar refractivity (Wildman–Crippen MR) is 67.3 cm³/mol. The fourth-order valence-corrected chi connectivity index (χ4v) is 2.13. The predicted octanol–water partition coefficient (Wildman–Crippen LogP) is -1.09. The molecule has 0 bridgehead atoms. The van der Waals surface area contributed by atoms with Gasteiger partial charge in [0.1, 0.15) is 5.41 Å². The van der Waals surface area contributed by atoms with Gasteiger partial charge in [0.2, 0.25) is 11.8 Å².